The number of fused-ring (bicyclic) bond motifs is 1. The first-order valence-electron chi connectivity index (χ1n) is 8.48. The third-order valence-corrected chi connectivity index (χ3v) is 4.19. The van der Waals surface area contributed by atoms with E-state index < -0.39 is 5.91 Å². The summed E-state index contributed by atoms with van der Waals surface area (Å²) in [5.41, 5.74) is 12.6. The number of ether oxygens (including phenoxy) is 2. The number of carbonyl (C=O) groups is 1. The van der Waals surface area contributed by atoms with Gasteiger partial charge in [-0.3, -0.25) is 9.78 Å². The first kappa shape index (κ1) is 17.4. The van der Waals surface area contributed by atoms with Gasteiger partial charge in [-0.15, -0.1) is 0 Å². The van der Waals surface area contributed by atoms with E-state index in [2.05, 4.69) is 10.3 Å². The number of primary amides is 1. The number of amides is 1. The Morgan fingerprint density at radius 2 is 2.16 bits per heavy atom. The van der Waals surface area contributed by atoms with E-state index in [1.807, 2.05) is 13.8 Å². The molecular formula is C18H24N4O3. The fourth-order valence-corrected chi connectivity index (χ4v) is 2.94. The summed E-state index contributed by atoms with van der Waals surface area (Å²) in [6, 6.07) is 5.17. The van der Waals surface area contributed by atoms with Gasteiger partial charge < -0.3 is 26.3 Å². The van der Waals surface area contributed by atoms with Crippen LogP contribution in [0, 0.1) is 0 Å². The van der Waals surface area contributed by atoms with E-state index in [1.54, 1.807) is 24.4 Å². The maximum absolute atomic E-state index is 11.8. The second-order valence-electron chi connectivity index (χ2n) is 6.52. The van der Waals surface area contributed by atoms with Gasteiger partial charge in [-0.05, 0) is 45.0 Å². The lowest BCUT2D eigenvalue weighted by Gasteiger charge is -2.30. The summed E-state index contributed by atoms with van der Waals surface area (Å²) in [4.78, 5) is 16.1. The number of nitrogens with zero attached hydrogens (tertiary/aromatic N) is 1. The molecule has 0 spiro atoms. The molecule has 1 aliphatic heterocycles. The van der Waals surface area contributed by atoms with Crippen molar-refractivity contribution in [1.29, 1.82) is 0 Å². The molecule has 0 unspecified atom stereocenters. The van der Waals surface area contributed by atoms with E-state index >= 15 is 0 Å². The van der Waals surface area contributed by atoms with Crippen molar-refractivity contribution in [2.75, 3.05) is 13.1 Å². The molecule has 1 aliphatic rings. The number of rotatable bonds is 5. The number of nitrogens with one attached hydrogen (secondary N) is 1. The first-order chi connectivity index (χ1) is 12.0. The van der Waals surface area contributed by atoms with Crippen LogP contribution in [-0.4, -0.2) is 42.2 Å². The third kappa shape index (κ3) is 3.83. The van der Waals surface area contributed by atoms with Crippen LogP contribution in [-0.2, 0) is 0 Å². The SMILES string of the molecule is CC(C)Oc1cc2c(O[C@H]3CNCC[C@@H]3N)ccnc2cc1C(N)=O. The Kier molecular flexibility index (Phi) is 5.06. The maximum Gasteiger partial charge on any atom is 0.252 e. The van der Waals surface area contributed by atoms with Gasteiger partial charge in [0.2, 0.25) is 0 Å². The average molecular weight is 344 g/mol. The summed E-state index contributed by atoms with van der Waals surface area (Å²) < 4.78 is 11.9. The van der Waals surface area contributed by atoms with Crippen molar-refractivity contribution in [3.8, 4) is 11.5 Å². The molecule has 2 atom stereocenters. The van der Waals surface area contributed by atoms with Crippen molar-refractivity contribution in [3.63, 3.8) is 0 Å². The molecule has 1 fully saturated rings. The molecular weight excluding hydrogens is 320 g/mol. The average Bonchev–Trinajstić information content (AvgIpc) is 2.56. The molecule has 5 N–H and O–H groups in total. The molecule has 2 heterocycles. The van der Waals surface area contributed by atoms with Crippen LogP contribution in [0.25, 0.3) is 10.9 Å². The monoisotopic (exact) mass is 344 g/mol. The van der Waals surface area contributed by atoms with Crippen molar-refractivity contribution in [2.45, 2.75) is 38.5 Å². The maximum atomic E-state index is 11.8. The van der Waals surface area contributed by atoms with Gasteiger partial charge in [0.25, 0.3) is 5.91 Å². The molecule has 0 bridgehead atoms. The molecule has 1 amide bonds. The zero-order chi connectivity index (χ0) is 18.0. The van der Waals surface area contributed by atoms with E-state index in [9.17, 15) is 4.79 Å². The summed E-state index contributed by atoms with van der Waals surface area (Å²) in [5.74, 6) is 0.543. The highest BCUT2D eigenvalue weighted by Gasteiger charge is 2.24. The smallest absolute Gasteiger partial charge is 0.252 e. The Morgan fingerprint density at radius 3 is 2.84 bits per heavy atom. The van der Waals surface area contributed by atoms with Crippen molar-refractivity contribution < 1.29 is 14.3 Å². The number of nitrogens with two attached hydrogens (primary N) is 2. The fraction of sp³-hybridized carbons (Fsp3) is 0.444. The Hall–Kier alpha value is -2.38. The van der Waals surface area contributed by atoms with Gasteiger partial charge in [0.05, 0.1) is 17.2 Å². The van der Waals surface area contributed by atoms with Crippen LogP contribution >= 0.6 is 0 Å². The number of aromatic nitrogens is 1. The van der Waals surface area contributed by atoms with Crippen LogP contribution in [0.5, 0.6) is 11.5 Å². The standard InChI is InChI=1S/C18H24N4O3/c1-10(2)24-16-8-11-14(7-12(16)18(20)23)22-6-4-15(11)25-17-9-21-5-3-13(17)19/h4,6-8,10,13,17,21H,3,5,9,19H2,1-2H3,(H2,20,23)/t13-,17-/m0/s1. The normalized spacial score (nSPS) is 20.6. The molecule has 3 rings (SSSR count). The van der Waals surface area contributed by atoms with Crippen LogP contribution in [0.4, 0.5) is 0 Å². The third-order valence-electron chi connectivity index (χ3n) is 4.19. The summed E-state index contributed by atoms with van der Waals surface area (Å²) in [5, 5.41) is 4.05. The minimum atomic E-state index is -0.552. The molecule has 7 nitrogen and oxygen atoms in total. The zero-order valence-electron chi connectivity index (χ0n) is 14.5. The van der Waals surface area contributed by atoms with Gasteiger partial charge in [0.1, 0.15) is 17.6 Å². The van der Waals surface area contributed by atoms with Gasteiger partial charge in [0, 0.05) is 24.2 Å². The van der Waals surface area contributed by atoms with Gasteiger partial charge in [-0.2, -0.15) is 0 Å². The van der Waals surface area contributed by atoms with Crippen molar-refractivity contribution >= 4 is 16.8 Å². The van der Waals surface area contributed by atoms with Gasteiger partial charge in [-0.25, -0.2) is 0 Å². The summed E-state index contributed by atoms with van der Waals surface area (Å²) in [6.45, 7) is 5.37. The van der Waals surface area contributed by atoms with Crippen LogP contribution in [0.15, 0.2) is 24.4 Å². The molecule has 7 heteroatoms. The summed E-state index contributed by atoms with van der Waals surface area (Å²) >= 11 is 0. The van der Waals surface area contributed by atoms with E-state index in [-0.39, 0.29) is 18.2 Å². The lowest BCUT2D eigenvalue weighted by molar-refractivity contribution is 0.0994. The molecule has 134 valence electrons. The van der Waals surface area contributed by atoms with Crippen molar-refractivity contribution in [2.24, 2.45) is 11.5 Å². The molecule has 0 aliphatic carbocycles. The van der Waals surface area contributed by atoms with E-state index in [4.69, 9.17) is 20.9 Å². The molecule has 2 aromatic rings. The summed E-state index contributed by atoms with van der Waals surface area (Å²) in [6.07, 6.45) is 2.30. The largest absolute Gasteiger partial charge is 0.490 e. The lowest BCUT2D eigenvalue weighted by atomic mass is 10.0. The number of piperidine rings is 1. The molecule has 0 saturated carbocycles. The number of hydrogen-bond acceptors (Lipinski definition) is 6. The molecule has 0 radical (unpaired) electrons. The minimum Gasteiger partial charge on any atom is -0.490 e. The minimum absolute atomic E-state index is 0.0271. The van der Waals surface area contributed by atoms with Gasteiger partial charge in [-0.1, -0.05) is 0 Å². The Labute approximate surface area is 146 Å². The van der Waals surface area contributed by atoms with E-state index in [1.165, 1.54) is 0 Å². The Morgan fingerprint density at radius 1 is 1.36 bits per heavy atom. The van der Waals surface area contributed by atoms with Gasteiger partial charge in [0.15, 0.2) is 0 Å². The number of benzene rings is 1. The predicted octanol–water partition coefficient (Wildman–Crippen LogP) is 1.19. The number of hydrogen-bond donors (Lipinski definition) is 3. The highest BCUT2D eigenvalue weighted by Crippen LogP contribution is 2.32. The van der Waals surface area contributed by atoms with Crippen LogP contribution in [0.1, 0.15) is 30.6 Å². The number of carbonyl (C=O) groups excluding carboxylic acids is 1. The van der Waals surface area contributed by atoms with Crippen LogP contribution in [0.3, 0.4) is 0 Å². The van der Waals surface area contributed by atoms with Gasteiger partial charge >= 0.3 is 0 Å². The quantitative estimate of drug-likeness (QED) is 0.751. The zero-order valence-corrected chi connectivity index (χ0v) is 14.5. The molecule has 1 aromatic heterocycles. The second kappa shape index (κ2) is 7.25. The molecule has 1 saturated heterocycles. The lowest BCUT2D eigenvalue weighted by Crippen LogP contribution is -2.51. The first-order valence-corrected chi connectivity index (χ1v) is 8.48. The van der Waals surface area contributed by atoms with E-state index in [0.717, 1.165) is 18.4 Å². The topological polar surface area (TPSA) is 112 Å². The van der Waals surface area contributed by atoms with Crippen molar-refractivity contribution in [1.82, 2.24) is 10.3 Å². The second-order valence-corrected chi connectivity index (χ2v) is 6.52. The fourth-order valence-electron chi connectivity index (χ4n) is 2.94. The molecule has 25 heavy (non-hydrogen) atoms. The predicted molar refractivity (Wildman–Crippen MR) is 95.9 cm³/mol. The molecule has 1 aromatic carbocycles. The Balaban J connectivity index is 2.02. The van der Waals surface area contributed by atoms with Crippen LogP contribution < -0.4 is 26.3 Å². The number of pyridine rings is 1. The van der Waals surface area contributed by atoms with Crippen LogP contribution in [0.2, 0.25) is 0 Å². The highest BCUT2D eigenvalue weighted by atomic mass is 16.5. The Bertz CT molecular complexity index is 778. The summed E-state index contributed by atoms with van der Waals surface area (Å²) in [7, 11) is 0. The van der Waals surface area contributed by atoms with Crippen molar-refractivity contribution in [3.05, 3.63) is 30.0 Å². The highest BCUT2D eigenvalue weighted by molar-refractivity contribution is 6.01. The van der Waals surface area contributed by atoms with E-state index in [0.29, 0.717) is 29.1 Å².